The number of anilines is 1. The third kappa shape index (κ3) is 5.83. The first-order valence-corrected chi connectivity index (χ1v) is 10.9. The highest BCUT2D eigenvalue weighted by Gasteiger charge is 2.23. The van der Waals surface area contributed by atoms with Crippen molar-refractivity contribution in [2.75, 3.05) is 57.9 Å². The zero-order chi connectivity index (χ0) is 21.3. The third-order valence-corrected chi connectivity index (χ3v) is 5.24. The molecule has 7 nitrogen and oxygen atoms in total. The van der Waals surface area contributed by atoms with Gasteiger partial charge in [0.1, 0.15) is 5.69 Å². The summed E-state index contributed by atoms with van der Waals surface area (Å²) >= 11 is 0. The van der Waals surface area contributed by atoms with E-state index in [4.69, 9.17) is 9.47 Å². The smallest absolute Gasteiger partial charge is 0.316 e. The van der Waals surface area contributed by atoms with Crippen LogP contribution in [-0.4, -0.2) is 67.7 Å². The minimum absolute atomic E-state index is 0.213. The zero-order valence-electron chi connectivity index (χ0n) is 18.4. The fraction of sp³-hybridized carbons (Fsp3) is 0.565. The molecule has 0 amide bonds. The molecule has 0 radical (unpaired) electrons. The first-order valence-electron chi connectivity index (χ1n) is 10.9. The topological polar surface area (TPSA) is 59.8 Å². The van der Waals surface area contributed by atoms with Gasteiger partial charge in [-0.1, -0.05) is 32.0 Å². The molecule has 1 aliphatic rings. The van der Waals surface area contributed by atoms with Gasteiger partial charge in [-0.3, -0.25) is 9.69 Å². The Balaban J connectivity index is 1.81. The van der Waals surface area contributed by atoms with E-state index in [9.17, 15) is 4.79 Å². The number of unbranched alkanes of at least 4 members (excludes halogenated alkanes) is 1. The van der Waals surface area contributed by atoms with Crippen LogP contribution < -0.4 is 15.2 Å². The summed E-state index contributed by atoms with van der Waals surface area (Å²) in [7, 11) is 1.69. The normalized spacial score (nSPS) is 15.0. The van der Waals surface area contributed by atoms with Crippen LogP contribution in [0.5, 0.6) is 5.75 Å². The summed E-state index contributed by atoms with van der Waals surface area (Å²) in [4.78, 5) is 18.0. The number of methoxy groups -OCH3 is 1. The molecule has 0 atom stereocenters. The lowest BCUT2D eigenvalue weighted by molar-refractivity contribution is 0.183. The van der Waals surface area contributed by atoms with Crippen molar-refractivity contribution < 1.29 is 9.47 Å². The van der Waals surface area contributed by atoms with Crippen LogP contribution in [0.25, 0.3) is 5.69 Å². The molecule has 164 valence electrons. The van der Waals surface area contributed by atoms with Crippen molar-refractivity contribution in [2.24, 2.45) is 5.92 Å². The minimum atomic E-state index is -0.213. The van der Waals surface area contributed by atoms with Crippen LogP contribution in [0.4, 0.5) is 5.69 Å². The van der Waals surface area contributed by atoms with Crippen molar-refractivity contribution in [1.29, 1.82) is 0 Å². The van der Waals surface area contributed by atoms with Gasteiger partial charge in [-0.2, -0.15) is 9.78 Å². The maximum atomic E-state index is 13.3. The number of ether oxygens (including phenoxy) is 2. The molecular weight excluding hydrogens is 380 g/mol. The molecule has 1 aromatic heterocycles. The lowest BCUT2D eigenvalue weighted by Gasteiger charge is -2.37. The van der Waals surface area contributed by atoms with Crippen molar-refractivity contribution in [2.45, 2.75) is 26.7 Å². The predicted octanol–water partition coefficient (Wildman–Crippen LogP) is 2.82. The van der Waals surface area contributed by atoms with Crippen molar-refractivity contribution >= 4 is 5.69 Å². The molecule has 0 saturated carbocycles. The summed E-state index contributed by atoms with van der Waals surface area (Å²) in [6.07, 6.45) is 3.51. The van der Waals surface area contributed by atoms with E-state index in [0.29, 0.717) is 24.9 Å². The zero-order valence-corrected chi connectivity index (χ0v) is 18.4. The van der Waals surface area contributed by atoms with Gasteiger partial charge >= 0.3 is 5.56 Å². The van der Waals surface area contributed by atoms with E-state index < -0.39 is 0 Å². The van der Waals surface area contributed by atoms with E-state index in [1.54, 1.807) is 13.3 Å². The van der Waals surface area contributed by atoms with E-state index in [1.807, 2.05) is 30.3 Å². The number of piperazine rings is 1. The number of para-hydroxylation sites is 1. The summed E-state index contributed by atoms with van der Waals surface area (Å²) in [5.41, 5.74) is 1.32. The van der Waals surface area contributed by atoms with Crippen molar-refractivity contribution in [3.05, 3.63) is 46.9 Å². The summed E-state index contributed by atoms with van der Waals surface area (Å²) in [5.74, 6) is 1.04. The molecule has 2 aromatic rings. The van der Waals surface area contributed by atoms with E-state index in [0.717, 1.165) is 56.9 Å². The van der Waals surface area contributed by atoms with Crippen molar-refractivity contribution in [1.82, 2.24) is 14.7 Å². The van der Waals surface area contributed by atoms with Gasteiger partial charge in [0.15, 0.2) is 0 Å². The number of nitrogens with zero attached hydrogens (tertiary/aromatic N) is 4. The van der Waals surface area contributed by atoms with Crippen molar-refractivity contribution in [3.63, 3.8) is 0 Å². The summed E-state index contributed by atoms with van der Waals surface area (Å²) in [6.45, 7) is 10.5. The Morgan fingerprint density at radius 2 is 1.73 bits per heavy atom. The Morgan fingerprint density at radius 3 is 2.40 bits per heavy atom. The molecule has 0 N–H and O–H groups in total. The second kappa shape index (κ2) is 11.1. The third-order valence-electron chi connectivity index (χ3n) is 5.24. The lowest BCUT2D eigenvalue weighted by Crippen LogP contribution is -2.48. The quantitative estimate of drug-likeness (QED) is 0.557. The monoisotopic (exact) mass is 414 g/mol. The maximum absolute atomic E-state index is 13.3. The first kappa shape index (κ1) is 22.3. The fourth-order valence-electron chi connectivity index (χ4n) is 3.75. The average molecular weight is 415 g/mol. The van der Waals surface area contributed by atoms with Gasteiger partial charge in [-0.15, -0.1) is 0 Å². The van der Waals surface area contributed by atoms with E-state index in [1.165, 1.54) is 4.68 Å². The highest BCUT2D eigenvalue weighted by atomic mass is 16.5. The van der Waals surface area contributed by atoms with Crippen LogP contribution in [0.2, 0.25) is 0 Å². The second-order valence-corrected chi connectivity index (χ2v) is 8.14. The molecule has 1 aliphatic heterocycles. The Morgan fingerprint density at radius 1 is 1.03 bits per heavy atom. The minimum Gasteiger partial charge on any atom is -0.486 e. The van der Waals surface area contributed by atoms with Crippen LogP contribution in [-0.2, 0) is 4.74 Å². The highest BCUT2D eigenvalue weighted by Crippen LogP contribution is 2.26. The van der Waals surface area contributed by atoms with Crippen LogP contribution in [0.15, 0.2) is 41.3 Å². The molecule has 2 heterocycles. The number of aromatic nitrogens is 2. The average Bonchev–Trinajstić information content (AvgIpc) is 2.75. The number of hydrogen-bond acceptors (Lipinski definition) is 6. The van der Waals surface area contributed by atoms with Gasteiger partial charge < -0.3 is 14.4 Å². The molecule has 1 aromatic carbocycles. The molecular formula is C23H34N4O3. The number of hydrogen-bond donors (Lipinski definition) is 0. The molecule has 1 saturated heterocycles. The van der Waals surface area contributed by atoms with Crippen LogP contribution in [0, 0.1) is 5.92 Å². The van der Waals surface area contributed by atoms with Gasteiger partial charge in [-0.25, -0.2) is 0 Å². The highest BCUT2D eigenvalue weighted by molar-refractivity contribution is 5.57. The molecule has 30 heavy (non-hydrogen) atoms. The molecule has 7 heteroatoms. The largest absolute Gasteiger partial charge is 0.486 e. The van der Waals surface area contributed by atoms with Crippen LogP contribution in [0.3, 0.4) is 0 Å². The second-order valence-electron chi connectivity index (χ2n) is 8.14. The summed E-state index contributed by atoms with van der Waals surface area (Å²) < 4.78 is 12.6. The van der Waals surface area contributed by atoms with Gasteiger partial charge in [0.2, 0.25) is 5.75 Å². The predicted molar refractivity (Wildman–Crippen MR) is 120 cm³/mol. The standard InChI is InChI=1S/C23H34N4O3/c1-19(2)18-25-11-13-26(14-12-25)21-17-24-27(20-9-5-4-6-10-20)23(28)22(21)30-16-8-7-15-29-3/h4-6,9-10,17,19H,7-8,11-16,18H2,1-3H3. The molecule has 0 unspecified atom stereocenters. The molecule has 0 aliphatic carbocycles. The molecule has 1 fully saturated rings. The van der Waals surface area contributed by atoms with Crippen LogP contribution in [0.1, 0.15) is 26.7 Å². The lowest BCUT2D eigenvalue weighted by atomic mass is 10.2. The molecule has 0 bridgehead atoms. The van der Waals surface area contributed by atoms with Gasteiger partial charge in [0, 0.05) is 46.4 Å². The first-order chi connectivity index (χ1) is 14.6. The Labute approximate surface area is 179 Å². The summed E-state index contributed by atoms with van der Waals surface area (Å²) in [6, 6.07) is 9.47. The van der Waals surface area contributed by atoms with E-state index in [-0.39, 0.29) is 5.56 Å². The number of rotatable bonds is 10. The molecule has 3 rings (SSSR count). The molecule has 0 spiro atoms. The van der Waals surface area contributed by atoms with Gasteiger partial charge in [-0.05, 0) is 30.9 Å². The summed E-state index contributed by atoms with van der Waals surface area (Å²) in [5, 5.41) is 4.46. The SMILES string of the molecule is COCCCCOc1c(N2CCN(CC(C)C)CC2)cnn(-c2ccccc2)c1=O. The van der Waals surface area contributed by atoms with Gasteiger partial charge in [0.25, 0.3) is 0 Å². The van der Waals surface area contributed by atoms with E-state index in [2.05, 4.69) is 28.7 Å². The van der Waals surface area contributed by atoms with Crippen LogP contribution >= 0.6 is 0 Å². The van der Waals surface area contributed by atoms with Crippen molar-refractivity contribution in [3.8, 4) is 11.4 Å². The van der Waals surface area contributed by atoms with E-state index >= 15 is 0 Å². The maximum Gasteiger partial charge on any atom is 0.316 e. The number of benzene rings is 1. The van der Waals surface area contributed by atoms with Gasteiger partial charge in [0.05, 0.1) is 18.5 Å². The fourth-order valence-corrected chi connectivity index (χ4v) is 3.75. The Bertz CT molecular complexity index is 830. The Kier molecular flexibility index (Phi) is 8.28. The Hall–Kier alpha value is -2.38.